The van der Waals surface area contributed by atoms with E-state index in [0.717, 1.165) is 21.3 Å². The van der Waals surface area contributed by atoms with Gasteiger partial charge >= 0.3 is 0 Å². The molecule has 116 valence electrons. The number of pyridine rings is 1. The van der Waals surface area contributed by atoms with E-state index in [1.54, 1.807) is 18.0 Å². The van der Waals surface area contributed by atoms with E-state index in [1.807, 2.05) is 55.6 Å². The predicted molar refractivity (Wildman–Crippen MR) is 96.3 cm³/mol. The molecule has 3 aromatic rings. The Morgan fingerprint density at radius 1 is 1.22 bits per heavy atom. The summed E-state index contributed by atoms with van der Waals surface area (Å²) < 4.78 is 0. The smallest absolute Gasteiger partial charge is 0.267 e. The average molecular weight is 341 g/mol. The van der Waals surface area contributed by atoms with Crippen molar-refractivity contribution in [1.82, 2.24) is 9.97 Å². The second kappa shape index (κ2) is 6.93. The van der Waals surface area contributed by atoms with Gasteiger partial charge < -0.3 is 5.32 Å². The van der Waals surface area contributed by atoms with E-state index < -0.39 is 0 Å². The highest BCUT2D eigenvalue weighted by atomic mass is 32.2. The molecule has 2 heterocycles. The maximum absolute atomic E-state index is 12.5. The van der Waals surface area contributed by atoms with Gasteiger partial charge in [0.25, 0.3) is 5.91 Å². The molecule has 1 aromatic carbocycles. The third kappa shape index (κ3) is 3.60. The minimum Gasteiger partial charge on any atom is -0.321 e. The Bertz CT molecular complexity index is 831. The van der Waals surface area contributed by atoms with Crippen molar-refractivity contribution in [1.29, 1.82) is 0 Å². The van der Waals surface area contributed by atoms with E-state index in [9.17, 15) is 4.79 Å². The number of thiazole rings is 1. The van der Waals surface area contributed by atoms with Crippen LogP contribution in [0, 0.1) is 6.92 Å². The monoisotopic (exact) mass is 341 g/mol. The van der Waals surface area contributed by atoms with Crippen LogP contribution in [0.2, 0.25) is 0 Å². The molecule has 0 spiro atoms. The molecular formula is C17H15N3OS2. The van der Waals surface area contributed by atoms with Crippen molar-refractivity contribution in [3.8, 4) is 10.7 Å². The van der Waals surface area contributed by atoms with Crippen LogP contribution in [0.25, 0.3) is 10.7 Å². The quantitative estimate of drug-likeness (QED) is 0.711. The van der Waals surface area contributed by atoms with Crippen molar-refractivity contribution in [3.63, 3.8) is 0 Å². The normalized spacial score (nSPS) is 10.5. The van der Waals surface area contributed by atoms with Crippen LogP contribution in [-0.4, -0.2) is 22.1 Å². The number of aryl methyl sites for hydroxylation is 1. The zero-order valence-corrected chi connectivity index (χ0v) is 14.4. The number of rotatable bonds is 4. The molecule has 0 saturated heterocycles. The van der Waals surface area contributed by atoms with Gasteiger partial charge in [-0.1, -0.05) is 12.1 Å². The van der Waals surface area contributed by atoms with E-state index in [2.05, 4.69) is 15.3 Å². The summed E-state index contributed by atoms with van der Waals surface area (Å²) >= 11 is 3.00. The Labute approximate surface area is 143 Å². The minimum absolute atomic E-state index is 0.138. The van der Waals surface area contributed by atoms with E-state index >= 15 is 0 Å². The molecule has 6 heteroatoms. The number of hydrogen-bond acceptors (Lipinski definition) is 5. The fourth-order valence-electron chi connectivity index (χ4n) is 2.09. The Hall–Kier alpha value is -2.18. The highest BCUT2D eigenvalue weighted by Gasteiger charge is 2.17. The van der Waals surface area contributed by atoms with E-state index in [4.69, 9.17) is 0 Å². The lowest BCUT2D eigenvalue weighted by Crippen LogP contribution is -2.11. The summed E-state index contributed by atoms with van der Waals surface area (Å²) in [5, 5.41) is 3.69. The molecule has 0 radical (unpaired) electrons. The highest BCUT2D eigenvalue weighted by Crippen LogP contribution is 2.27. The second-order valence-electron chi connectivity index (χ2n) is 4.83. The minimum atomic E-state index is -0.138. The molecule has 2 aromatic heterocycles. The number of nitrogens with zero attached hydrogens (tertiary/aromatic N) is 2. The van der Waals surface area contributed by atoms with Gasteiger partial charge in [0.1, 0.15) is 9.88 Å². The highest BCUT2D eigenvalue weighted by molar-refractivity contribution is 7.98. The molecule has 3 rings (SSSR count). The number of aromatic nitrogens is 2. The van der Waals surface area contributed by atoms with Crippen molar-refractivity contribution in [2.45, 2.75) is 11.8 Å². The van der Waals surface area contributed by atoms with Crippen molar-refractivity contribution < 1.29 is 4.79 Å². The van der Waals surface area contributed by atoms with Crippen molar-refractivity contribution in [2.75, 3.05) is 11.6 Å². The second-order valence-corrected chi connectivity index (χ2v) is 6.71. The molecule has 23 heavy (non-hydrogen) atoms. The third-order valence-corrected chi connectivity index (χ3v) is 5.12. The van der Waals surface area contributed by atoms with Gasteiger partial charge in [0.05, 0.1) is 11.4 Å². The van der Waals surface area contributed by atoms with Crippen molar-refractivity contribution in [3.05, 3.63) is 59.2 Å². The average Bonchev–Trinajstić information content (AvgIpc) is 2.98. The summed E-state index contributed by atoms with van der Waals surface area (Å²) in [5.74, 6) is -0.138. The van der Waals surface area contributed by atoms with Gasteiger partial charge in [0, 0.05) is 16.8 Å². The summed E-state index contributed by atoms with van der Waals surface area (Å²) in [6.07, 6.45) is 3.73. The fourth-order valence-corrected chi connectivity index (χ4v) is 3.49. The summed E-state index contributed by atoms with van der Waals surface area (Å²) in [4.78, 5) is 23.0. The summed E-state index contributed by atoms with van der Waals surface area (Å²) in [6.45, 7) is 1.84. The molecule has 0 saturated carbocycles. The van der Waals surface area contributed by atoms with Crippen molar-refractivity contribution >= 4 is 34.7 Å². The number of nitrogens with one attached hydrogen (secondary N) is 1. The fraction of sp³-hybridized carbons (Fsp3) is 0.118. The van der Waals surface area contributed by atoms with Crippen LogP contribution in [0.4, 0.5) is 5.69 Å². The van der Waals surface area contributed by atoms with Crippen molar-refractivity contribution in [2.24, 2.45) is 0 Å². The topological polar surface area (TPSA) is 54.9 Å². The zero-order valence-electron chi connectivity index (χ0n) is 12.7. The Morgan fingerprint density at radius 2 is 2.09 bits per heavy atom. The third-order valence-electron chi connectivity index (χ3n) is 3.21. The number of benzene rings is 1. The first-order valence-electron chi connectivity index (χ1n) is 7.01. The zero-order chi connectivity index (χ0) is 16.2. The van der Waals surface area contributed by atoms with Crippen LogP contribution in [-0.2, 0) is 0 Å². The lowest BCUT2D eigenvalue weighted by molar-refractivity contribution is 0.103. The van der Waals surface area contributed by atoms with Crippen LogP contribution < -0.4 is 5.32 Å². The van der Waals surface area contributed by atoms with E-state index in [-0.39, 0.29) is 5.91 Å². The number of hydrogen-bond donors (Lipinski definition) is 1. The molecule has 0 aliphatic heterocycles. The molecule has 0 aliphatic rings. The SMILES string of the molecule is CSc1cccc(NC(=O)c2sc(-c3ccccn3)nc2C)c1. The van der Waals surface area contributed by atoms with Gasteiger partial charge in [0.2, 0.25) is 0 Å². The molecule has 0 unspecified atom stereocenters. The molecule has 0 fully saturated rings. The van der Waals surface area contributed by atoms with Gasteiger partial charge in [0.15, 0.2) is 0 Å². The number of amides is 1. The molecule has 0 atom stereocenters. The maximum Gasteiger partial charge on any atom is 0.267 e. The molecule has 1 N–H and O–H groups in total. The van der Waals surface area contributed by atoms with Gasteiger partial charge in [-0.3, -0.25) is 9.78 Å². The molecular weight excluding hydrogens is 326 g/mol. The van der Waals surface area contributed by atoms with Gasteiger partial charge in [-0.25, -0.2) is 4.98 Å². The van der Waals surface area contributed by atoms with Gasteiger partial charge in [-0.15, -0.1) is 23.1 Å². The van der Waals surface area contributed by atoms with Crippen LogP contribution in [0.3, 0.4) is 0 Å². The van der Waals surface area contributed by atoms with Gasteiger partial charge in [-0.05, 0) is 43.5 Å². The van der Waals surface area contributed by atoms with Gasteiger partial charge in [-0.2, -0.15) is 0 Å². The Kier molecular flexibility index (Phi) is 4.73. The lowest BCUT2D eigenvalue weighted by Gasteiger charge is -2.05. The summed E-state index contributed by atoms with van der Waals surface area (Å²) in [7, 11) is 0. The number of anilines is 1. The number of thioether (sulfide) groups is 1. The number of carbonyl (C=O) groups excluding carboxylic acids is 1. The lowest BCUT2D eigenvalue weighted by atomic mass is 10.3. The van der Waals surface area contributed by atoms with Crippen LogP contribution >= 0.6 is 23.1 Å². The summed E-state index contributed by atoms with van der Waals surface area (Å²) in [6, 6.07) is 13.4. The number of carbonyl (C=O) groups is 1. The molecule has 1 amide bonds. The van der Waals surface area contributed by atoms with E-state index in [1.165, 1.54) is 11.3 Å². The van der Waals surface area contributed by atoms with Crippen LogP contribution in [0.15, 0.2) is 53.6 Å². The maximum atomic E-state index is 12.5. The Morgan fingerprint density at radius 3 is 2.83 bits per heavy atom. The van der Waals surface area contributed by atoms with Crippen LogP contribution in [0.5, 0.6) is 0 Å². The first-order valence-corrected chi connectivity index (χ1v) is 9.06. The summed E-state index contributed by atoms with van der Waals surface area (Å²) in [5.41, 5.74) is 2.28. The largest absolute Gasteiger partial charge is 0.321 e. The first kappa shape index (κ1) is 15.7. The van der Waals surface area contributed by atoms with E-state index in [0.29, 0.717) is 10.6 Å². The molecule has 0 bridgehead atoms. The first-order chi connectivity index (χ1) is 11.2. The van der Waals surface area contributed by atoms with Crippen LogP contribution in [0.1, 0.15) is 15.4 Å². The Balaban J connectivity index is 1.84. The molecule has 4 nitrogen and oxygen atoms in total. The molecule has 0 aliphatic carbocycles. The predicted octanol–water partition coefficient (Wildman–Crippen LogP) is 4.49. The standard InChI is InChI=1S/C17H15N3OS2/c1-11-15(23-17(19-11)14-8-3-4-9-18-14)16(21)20-12-6-5-7-13(10-12)22-2/h3-10H,1-2H3,(H,20,21).